The van der Waals surface area contributed by atoms with Crippen molar-refractivity contribution in [1.82, 2.24) is 0 Å². The summed E-state index contributed by atoms with van der Waals surface area (Å²) in [7, 11) is 0. The summed E-state index contributed by atoms with van der Waals surface area (Å²) >= 11 is 0. The van der Waals surface area contributed by atoms with Crippen LogP contribution in [0.1, 0.15) is 25.0 Å². The van der Waals surface area contributed by atoms with Gasteiger partial charge in [0.15, 0.2) is 0 Å². The summed E-state index contributed by atoms with van der Waals surface area (Å²) in [5, 5.41) is 19.3. The van der Waals surface area contributed by atoms with Gasteiger partial charge in [0, 0.05) is 11.6 Å². The first-order valence-corrected chi connectivity index (χ1v) is 6.49. The van der Waals surface area contributed by atoms with E-state index in [-0.39, 0.29) is 11.5 Å². The van der Waals surface area contributed by atoms with E-state index in [2.05, 4.69) is 0 Å². The van der Waals surface area contributed by atoms with Crippen molar-refractivity contribution in [1.29, 1.82) is 0 Å². The Balaban J connectivity index is 2.20. The van der Waals surface area contributed by atoms with Crippen molar-refractivity contribution in [3.8, 4) is 17.2 Å². The number of rotatable bonds is 1. The minimum atomic E-state index is -0.471. The molecule has 3 rings (SSSR count). The van der Waals surface area contributed by atoms with Gasteiger partial charge in [0.05, 0.1) is 0 Å². The minimum absolute atomic E-state index is 0.178. The number of fused-ring (bicyclic) bond motifs is 1. The second-order valence-electron chi connectivity index (χ2n) is 5.49. The molecule has 1 aliphatic heterocycles. The standard InChI is InChI=1S/C17H16O3/c1-17(2)10-15(11-4-3-5-12(18)8-11)14-7-6-13(19)9-16(14)20-17/h3-10,18-19H,1-2H3. The highest BCUT2D eigenvalue weighted by atomic mass is 16.5. The predicted octanol–water partition coefficient (Wildman–Crippen LogP) is 3.70. The molecule has 0 saturated heterocycles. The molecule has 3 nitrogen and oxygen atoms in total. The third kappa shape index (κ3) is 2.23. The Kier molecular flexibility index (Phi) is 2.71. The third-order valence-corrected chi connectivity index (χ3v) is 3.28. The molecule has 2 aromatic rings. The van der Waals surface area contributed by atoms with Crippen molar-refractivity contribution in [2.75, 3.05) is 0 Å². The number of hydrogen-bond acceptors (Lipinski definition) is 3. The van der Waals surface area contributed by atoms with Gasteiger partial charge in [0.2, 0.25) is 0 Å². The fourth-order valence-electron chi connectivity index (χ4n) is 2.47. The number of aromatic hydroxyl groups is 2. The fraction of sp³-hybridized carbons (Fsp3) is 0.176. The lowest BCUT2D eigenvalue weighted by Gasteiger charge is -2.31. The first kappa shape index (κ1) is 12.6. The van der Waals surface area contributed by atoms with E-state index >= 15 is 0 Å². The highest BCUT2D eigenvalue weighted by Crippen LogP contribution is 2.41. The molecule has 0 fully saturated rings. The van der Waals surface area contributed by atoms with Crippen molar-refractivity contribution in [2.45, 2.75) is 19.4 Å². The molecule has 0 aromatic heterocycles. The number of phenolic OH excluding ortho intramolecular Hbond substituents is 2. The number of benzene rings is 2. The average Bonchev–Trinajstić information content (AvgIpc) is 2.36. The van der Waals surface area contributed by atoms with Crippen LogP contribution in [0.4, 0.5) is 0 Å². The summed E-state index contributed by atoms with van der Waals surface area (Å²) in [6.07, 6.45) is 2.03. The largest absolute Gasteiger partial charge is 0.508 e. The average molecular weight is 268 g/mol. The zero-order chi connectivity index (χ0) is 14.3. The first-order chi connectivity index (χ1) is 9.44. The third-order valence-electron chi connectivity index (χ3n) is 3.28. The molecule has 0 amide bonds. The summed E-state index contributed by atoms with van der Waals surface area (Å²) in [6, 6.07) is 12.2. The van der Waals surface area contributed by atoms with Crippen LogP contribution in [0.3, 0.4) is 0 Å². The minimum Gasteiger partial charge on any atom is -0.508 e. The Morgan fingerprint density at radius 3 is 2.45 bits per heavy atom. The smallest absolute Gasteiger partial charge is 0.132 e. The van der Waals surface area contributed by atoms with Crippen molar-refractivity contribution < 1.29 is 14.9 Å². The maximum absolute atomic E-state index is 9.67. The van der Waals surface area contributed by atoms with Gasteiger partial charge < -0.3 is 14.9 Å². The van der Waals surface area contributed by atoms with E-state index in [0.29, 0.717) is 5.75 Å². The van der Waals surface area contributed by atoms with E-state index < -0.39 is 5.60 Å². The maximum Gasteiger partial charge on any atom is 0.132 e. The van der Waals surface area contributed by atoms with Crippen LogP contribution in [0.5, 0.6) is 17.2 Å². The van der Waals surface area contributed by atoms with Gasteiger partial charge in [0.25, 0.3) is 0 Å². The van der Waals surface area contributed by atoms with E-state index in [0.717, 1.165) is 16.7 Å². The molecule has 0 bridgehead atoms. The Bertz CT molecular complexity index is 699. The summed E-state index contributed by atoms with van der Waals surface area (Å²) in [6.45, 7) is 3.92. The van der Waals surface area contributed by atoms with Gasteiger partial charge in [-0.1, -0.05) is 12.1 Å². The molecule has 3 heteroatoms. The molecule has 1 heterocycles. The van der Waals surface area contributed by atoms with Crippen LogP contribution in [0.25, 0.3) is 5.57 Å². The molecule has 2 N–H and O–H groups in total. The van der Waals surface area contributed by atoms with E-state index in [1.54, 1.807) is 24.3 Å². The molecular formula is C17H16O3. The van der Waals surface area contributed by atoms with Crippen LogP contribution in [-0.2, 0) is 0 Å². The molecule has 0 saturated carbocycles. The summed E-state index contributed by atoms with van der Waals surface area (Å²) in [4.78, 5) is 0. The van der Waals surface area contributed by atoms with Gasteiger partial charge in [0.1, 0.15) is 22.8 Å². The Morgan fingerprint density at radius 1 is 0.950 bits per heavy atom. The van der Waals surface area contributed by atoms with E-state index in [4.69, 9.17) is 4.74 Å². The number of hydrogen-bond donors (Lipinski definition) is 2. The Morgan fingerprint density at radius 2 is 1.70 bits per heavy atom. The van der Waals surface area contributed by atoms with E-state index in [1.165, 1.54) is 0 Å². The van der Waals surface area contributed by atoms with Crippen LogP contribution < -0.4 is 4.74 Å². The summed E-state index contributed by atoms with van der Waals surface area (Å²) in [5.74, 6) is 1.06. The number of phenols is 2. The second kappa shape index (κ2) is 4.30. The SMILES string of the molecule is CC1(C)C=C(c2cccc(O)c2)c2ccc(O)cc2O1. The molecule has 0 radical (unpaired) electrons. The molecule has 102 valence electrons. The fourth-order valence-corrected chi connectivity index (χ4v) is 2.47. The van der Waals surface area contributed by atoms with Crippen LogP contribution in [-0.4, -0.2) is 15.8 Å². The maximum atomic E-state index is 9.67. The van der Waals surface area contributed by atoms with Crippen molar-refractivity contribution in [3.63, 3.8) is 0 Å². The zero-order valence-electron chi connectivity index (χ0n) is 11.4. The van der Waals surface area contributed by atoms with E-state index in [9.17, 15) is 10.2 Å². The molecule has 0 atom stereocenters. The first-order valence-electron chi connectivity index (χ1n) is 6.49. The van der Waals surface area contributed by atoms with Crippen molar-refractivity contribution in [2.24, 2.45) is 0 Å². The molecular weight excluding hydrogens is 252 g/mol. The molecule has 1 aliphatic rings. The lowest BCUT2D eigenvalue weighted by molar-refractivity contribution is 0.157. The van der Waals surface area contributed by atoms with Crippen LogP contribution in [0, 0.1) is 0 Å². The lowest BCUT2D eigenvalue weighted by Crippen LogP contribution is -2.29. The van der Waals surface area contributed by atoms with Crippen LogP contribution in [0.2, 0.25) is 0 Å². The molecule has 20 heavy (non-hydrogen) atoms. The monoisotopic (exact) mass is 268 g/mol. The quantitative estimate of drug-likeness (QED) is 0.829. The molecule has 0 unspecified atom stereocenters. The van der Waals surface area contributed by atoms with Crippen molar-refractivity contribution in [3.05, 3.63) is 59.7 Å². The van der Waals surface area contributed by atoms with Gasteiger partial charge in [-0.05, 0) is 55.3 Å². The molecule has 0 spiro atoms. The second-order valence-corrected chi connectivity index (χ2v) is 5.49. The lowest BCUT2D eigenvalue weighted by atomic mass is 9.90. The van der Waals surface area contributed by atoms with Crippen molar-refractivity contribution >= 4 is 5.57 Å². The zero-order valence-corrected chi connectivity index (χ0v) is 11.4. The highest BCUT2D eigenvalue weighted by Gasteiger charge is 2.27. The van der Waals surface area contributed by atoms with Gasteiger partial charge in [-0.2, -0.15) is 0 Å². The molecule has 0 aliphatic carbocycles. The number of ether oxygens (including phenoxy) is 1. The van der Waals surface area contributed by atoms with E-state index in [1.807, 2.05) is 38.1 Å². The molecule has 2 aromatic carbocycles. The Labute approximate surface area is 117 Å². The Hall–Kier alpha value is -2.42. The predicted molar refractivity (Wildman–Crippen MR) is 78.0 cm³/mol. The van der Waals surface area contributed by atoms with Crippen LogP contribution in [0.15, 0.2) is 48.5 Å². The van der Waals surface area contributed by atoms with Gasteiger partial charge in [-0.25, -0.2) is 0 Å². The van der Waals surface area contributed by atoms with Crippen LogP contribution >= 0.6 is 0 Å². The van der Waals surface area contributed by atoms with Gasteiger partial charge >= 0.3 is 0 Å². The van der Waals surface area contributed by atoms with Gasteiger partial charge in [-0.15, -0.1) is 0 Å². The van der Waals surface area contributed by atoms with Gasteiger partial charge in [-0.3, -0.25) is 0 Å². The normalized spacial score (nSPS) is 16.0. The summed E-state index contributed by atoms with van der Waals surface area (Å²) in [5.41, 5.74) is 2.36. The summed E-state index contributed by atoms with van der Waals surface area (Å²) < 4.78 is 5.88. The highest BCUT2D eigenvalue weighted by molar-refractivity contribution is 5.85. The topological polar surface area (TPSA) is 49.7 Å².